The maximum Gasteiger partial charge on any atom is 0.137 e. The zero-order valence-corrected chi connectivity index (χ0v) is 34.9. The highest BCUT2D eigenvalue weighted by molar-refractivity contribution is 6.07. The van der Waals surface area contributed by atoms with Crippen molar-refractivity contribution in [1.82, 2.24) is 0 Å². The molecule has 0 aliphatic heterocycles. The molecule has 0 amide bonds. The molecule has 1 spiro atoms. The molecule has 0 saturated heterocycles. The highest BCUT2D eigenvalue weighted by atomic mass is 16.3. The Morgan fingerprint density at radius 2 is 0.766 bits per heavy atom. The lowest BCUT2D eigenvalue weighted by Crippen LogP contribution is -2.28. The van der Waals surface area contributed by atoms with Crippen LogP contribution in [-0.2, 0) is 10.8 Å². The smallest absolute Gasteiger partial charge is 0.137 e. The van der Waals surface area contributed by atoms with E-state index in [9.17, 15) is 0 Å². The number of rotatable bonds is 5. The molecule has 2 heteroatoms. The number of para-hydroxylation sites is 1. The molecule has 0 atom stereocenters. The lowest BCUT2D eigenvalue weighted by atomic mass is 9.68. The summed E-state index contributed by atoms with van der Waals surface area (Å²) in [7, 11) is 0. The van der Waals surface area contributed by atoms with Crippen molar-refractivity contribution < 1.29 is 4.42 Å². The van der Waals surface area contributed by atoms with Crippen molar-refractivity contribution in [3.8, 4) is 33.4 Å². The first-order valence-electron chi connectivity index (χ1n) is 22.3. The van der Waals surface area contributed by atoms with Crippen LogP contribution in [0, 0.1) is 0 Å². The molecule has 11 aromatic rings. The van der Waals surface area contributed by atoms with E-state index < -0.39 is 10.8 Å². The Morgan fingerprint density at radius 1 is 0.297 bits per heavy atom. The molecule has 1 aromatic heterocycles. The van der Waals surface area contributed by atoms with Crippen LogP contribution in [0.15, 0.2) is 241 Å². The maximum atomic E-state index is 6.64. The van der Waals surface area contributed by atoms with Gasteiger partial charge in [0.1, 0.15) is 11.2 Å². The summed E-state index contributed by atoms with van der Waals surface area (Å²) in [6.07, 6.45) is 0. The molecule has 0 unspecified atom stereocenters. The SMILES string of the molecule is c1ccc(C2(c3ccccc3)c3ccccc3-c3cc(N(c4ccc5c(c4)oc4ccccc45)c4cccc5c4-c4ccccc4C54c5ccccc5-c5ccccc54)ccc32)cc1. The summed E-state index contributed by atoms with van der Waals surface area (Å²) in [6, 6.07) is 87.6. The number of benzene rings is 10. The molecule has 0 bridgehead atoms. The van der Waals surface area contributed by atoms with Gasteiger partial charge in [-0.25, -0.2) is 0 Å². The van der Waals surface area contributed by atoms with E-state index in [0.29, 0.717) is 0 Å². The van der Waals surface area contributed by atoms with Gasteiger partial charge in [0.2, 0.25) is 0 Å². The Bertz CT molecular complexity index is 3610. The Kier molecular flexibility index (Phi) is 7.28. The Balaban J connectivity index is 1.07. The van der Waals surface area contributed by atoms with Crippen molar-refractivity contribution in [2.45, 2.75) is 10.8 Å². The minimum Gasteiger partial charge on any atom is -0.456 e. The van der Waals surface area contributed by atoms with Crippen molar-refractivity contribution in [2.24, 2.45) is 0 Å². The number of anilines is 3. The molecule has 2 nitrogen and oxygen atoms in total. The van der Waals surface area contributed by atoms with Crippen LogP contribution in [0.5, 0.6) is 0 Å². The van der Waals surface area contributed by atoms with E-state index in [4.69, 9.17) is 4.42 Å². The van der Waals surface area contributed by atoms with Crippen molar-refractivity contribution in [3.05, 3.63) is 281 Å². The van der Waals surface area contributed by atoms with Gasteiger partial charge >= 0.3 is 0 Å². The lowest BCUT2D eigenvalue weighted by molar-refractivity contribution is 0.669. The first-order valence-corrected chi connectivity index (χ1v) is 22.3. The number of fused-ring (bicyclic) bond motifs is 16. The molecular weight excluding hydrogens is 775 g/mol. The van der Waals surface area contributed by atoms with Crippen LogP contribution in [-0.4, -0.2) is 0 Å². The van der Waals surface area contributed by atoms with Gasteiger partial charge in [0.15, 0.2) is 0 Å². The average molecular weight is 814 g/mol. The van der Waals surface area contributed by atoms with E-state index in [2.05, 4.69) is 235 Å². The second-order valence-corrected chi connectivity index (χ2v) is 17.5. The maximum absolute atomic E-state index is 6.64. The fourth-order valence-corrected chi connectivity index (χ4v) is 12.2. The minimum atomic E-state index is -0.492. The highest BCUT2D eigenvalue weighted by Crippen LogP contribution is 2.65. The normalized spacial score (nSPS) is 14.2. The molecule has 64 heavy (non-hydrogen) atoms. The fourth-order valence-electron chi connectivity index (χ4n) is 12.2. The Hall–Kier alpha value is -8.20. The Morgan fingerprint density at radius 3 is 1.44 bits per heavy atom. The summed E-state index contributed by atoms with van der Waals surface area (Å²) in [5.41, 5.74) is 22.0. The molecule has 14 rings (SSSR count). The van der Waals surface area contributed by atoms with E-state index in [0.717, 1.165) is 39.0 Å². The molecule has 298 valence electrons. The molecule has 0 N–H and O–H groups in total. The second kappa shape index (κ2) is 13.2. The van der Waals surface area contributed by atoms with Gasteiger partial charge in [-0.3, -0.25) is 0 Å². The second-order valence-electron chi connectivity index (χ2n) is 17.5. The summed E-state index contributed by atoms with van der Waals surface area (Å²) in [6.45, 7) is 0. The van der Waals surface area contributed by atoms with E-state index in [1.807, 2.05) is 6.07 Å². The van der Waals surface area contributed by atoms with Gasteiger partial charge in [-0.15, -0.1) is 0 Å². The summed E-state index contributed by atoms with van der Waals surface area (Å²) in [5.74, 6) is 0. The van der Waals surface area contributed by atoms with Crippen molar-refractivity contribution in [2.75, 3.05) is 4.90 Å². The van der Waals surface area contributed by atoms with E-state index >= 15 is 0 Å². The zero-order chi connectivity index (χ0) is 42.0. The molecular formula is C62H39NO. The van der Waals surface area contributed by atoms with Gasteiger partial charge in [0.25, 0.3) is 0 Å². The van der Waals surface area contributed by atoms with Crippen LogP contribution in [0.25, 0.3) is 55.3 Å². The van der Waals surface area contributed by atoms with Gasteiger partial charge in [0, 0.05) is 33.8 Å². The predicted molar refractivity (Wildman–Crippen MR) is 262 cm³/mol. The van der Waals surface area contributed by atoms with Crippen molar-refractivity contribution in [3.63, 3.8) is 0 Å². The monoisotopic (exact) mass is 813 g/mol. The zero-order valence-electron chi connectivity index (χ0n) is 34.9. The molecule has 3 aliphatic carbocycles. The van der Waals surface area contributed by atoms with Crippen molar-refractivity contribution >= 4 is 39.0 Å². The topological polar surface area (TPSA) is 16.4 Å². The third-order valence-corrected chi connectivity index (χ3v) is 14.6. The van der Waals surface area contributed by atoms with Crippen LogP contribution in [0.3, 0.4) is 0 Å². The van der Waals surface area contributed by atoms with E-state index in [1.54, 1.807) is 0 Å². The fraction of sp³-hybridized carbons (Fsp3) is 0.0323. The van der Waals surface area contributed by atoms with E-state index in [1.165, 1.54) is 77.9 Å². The number of nitrogens with zero attached hydrogens (tertiary/aromatic N) is 1. The summed E-state index contributed by atoms with van der Waals surface area (Å²) in [4.78, 5) is 2.49. The van der Waals surface area contributed by atoms with Crippen LogP contribution in [0.1, 0.15) is 44.5 Å². The highest BCUT2D eigenvalue weighted by Gasteiger charge is 2.52. The molecule has 0 fully saturated rings. The van der Waals surface area contributed by atoms with E-state index in [-0.39, 0.29) is 0 Å². The van der Waals surface area contributed by atoms with Gasteiger partial charge < -0.3 is 9.32 Å². The average Bonchev–Trinajstić information content (AvgIpc) is 4.07. The molecule has 0 radical (unpaired) electrons. The van der Waals surface area contributed by atoms with Gasteiger partial charge in [-0.2, -0.15) is 0 Å². The minimum absolute atomic E-state index is 0.467. The van der Waals surface area contributed by atoms with Gasteiger partial charge in [-0.1, -0.05) is 194 Å². The summed E-state index contributed by atoms with van der Waals surface area (Å²) < 4.78 is 6.64. The third-order valence-electron chi connectivity index (χ3n) is 14.6. The standard InChI is InChI=1S/C62H39NO/c1-3-18-40(19-4-1)61(41-20-5-2-6-21-41)51-27-12-9-24-46(51)50-38-42(35-37-55(50)61)63(43-34-36-48-47-25-11-16-33-58(47)64-59(48)39-43)57-32-17-31-56-60(57)49-26-10-15-30-54(49)62(56)52-28-13-7-22-44(52)45-23-8-14-29-53(45)62/h1-39H. The summed E-state index contributed by atoms with van der Waals surface area (Å²) in [5, 5.41) is 2.23. The third kappa shape index (κ3) is 4.49. The van der Waals surface area contributed by atoms with Crippen LogP contribution < -0.4 is 4.90 Å². The quantitative estimate of drug-likeness (QED) is 0.172. The van der Waals surface area contributed by atoms with Crippen LogP contribution in [0.4, 0.5) is 17.1 Å². The largest absolute Gasteiger partial charge is 0.456 e. The van der Waals surface area contributed by atoms with Crippen LogP contribution >= 0.6 is 0 Å². The predicted octanol–water partition coefficient (Wildman–Crippen LogP) is 15.8. The lowest BCUT2D eigenvalue weighted by Gasteiger charge is -2.34. The van der Waals surface area contributed by atoms with Gasteiger partial charge in [-0.05, 0) is 109 Å². The first kappa shape index (κ1) is 35.4. The number of hydrogen-bond donors (Lipinski definition) is 0. The molecule has 3 aliphatic rings. The molecule has 1 heterocycles. The molecule has 10 aromatic carbocycles. The number of hydrogen-bond acceptors (Lipinski definition) is 2. The first-order chi connectivity index (χ1) is 31.8. The number of furan rings is 1. The van der Waals surface area contributed by atoms with Crippen LogP contribution in [0.2, 0.25) is 0 Å². The summed E-state index contributed by atoms with van der Waals surface area (Å²) >= 11 is 0. The van der Waals surface area contributed by atoms with Crippen molar-refractivity contribution in [1.29, 1.82) is 0 Å². The molecule has 0 saturated carbocycles. The Labute approximate surface area is 372 Å². The van der Waals surface area contributed by atoms with Gasteiger partial charge in [0.05, 0.1) is 16.5 Å².